The van der Waals surface area contributed by atoms with Gasteiger partial charge in [-0.15, -0.1) is 0 Å². The van der Waals surface area contributed by atoms with Crippen LogP contribution in [-0.4, -0.2) is 32.6 Å². The number of ether oxygens (including phenoxy) is 1. The molecule has 2 aromatic rings. The Hall–Kier alpha value is -2.38. The van der Waals surface area contributed by atoms with Gasteiger partial charge in [0.25, 0.3) is 5.56 Å². The Balaban J connectivity index is 2.56. The summed E-state index contributed by atoms with van der Waals surface area (Å²) >= 11 is 0. The number of carbonyl (C=O) groups excluding carboxylic acids is 1. The molecule has 16 heavy (non-hydrogen) atoms. The van der Waals surface area contributed by atoms with Gasteiger partial charge in [0.2, 0.25) is 5.95 Å². The molecular formula is C8H9N5O3. The molecule has 0 radical (unpaired) electrons. The summed E-state index contributed by atoms with van der Waals surface area (Å²) in [6.45, 7) is -0.0956. The Morgan fingerprint density at radius 3 is 3.12 bits per heavy atom. The number of esters is 1. The molecule has 0 unspecified atom stereocenters. The van der Waals surface area contributed by atoms with Crippen LogP contribution in [0.25, 0.3) is 11.2 Å². The number of rotatable bonds is 2. The molecular weight excluding hydrogens is 214 g/mol. The minimum absolute atomic E-state index is 0.0131. The van der Waals surface area contributed by atoms with E-state index in [1.54, 1.807) is 0 Å². The number of nitrogen functional groups attached to an aromatic ring is 1. The first-order valence-electron chi connectivity index (χ1n) is 4.39. The number of aromatic nitrogens is 4. The molecule has 0 aromatic carbocycles. The van der Waals surface area contributed by atoms with Crippen molar-refractivity contribution in [2.45, 2.75) is 6.54 Å². The summed E-state index contributed by atoms with van der Waals surface area (Å²) in [5.74, 6) is -0.489. The monoisotopic (exact) mass is 223 g/mol. The van der Waals surface area contributed by atoms with Crippen molar-refractivity contribution in [2.75, 3.05) is 12.8 Å². The molecule has 0 spiro atoms. The summed E-state index contributed by atoms with van der Waals surface area (Å²) in [5, 5.41) is 0. The van der Waals surface area contributed by atoms with Gasteiger partial charge in [-0.3, -0.25) is 14.6 Å². The third kappa shape index (κ3) is 1.60. The van der Waals surface area contributed by atoms with E-state index in [9.17, 15) is 9.59 Å². The molecule has 0 bridgehead atoms. The lowest BCUT2D eigenvalue weighted by Gasteiger charge is -2.01. The van der Waals surface area contributed by atoms with Gasteiger partial charge >= 0.3 is 5.97 Å². The average Bonchev–Trinajstić information content (AvgIpc) is 2.61. The lowest BCUT2D eigenvalue weighted by molar-refractivity contribution is -0.141. The van der Waals surface area contributed by atoms with Crippen LogP contribution in [0.5, 0.6) is 0 Å². The van der Waals surface area contributed by atoms with Crippen LogP contribution in [-0.2, 0) is 16.1 Å². The molecule has 2 aromatic heterocycles. The van der Waals surface area contributed by atoms with E-state index in [1.165, 1.54) is 18.0 Å². The zero-order valence-corrected chi connectivity index (χ0v) is 8.43. The Morgan fingerprint density at radius 2 is 2.44 bits per heavy atom. The van der Waals surface area contributed by atoms with Crippen LogP contribution in [0.15, 0.2) is 11.1 Å². The van der Waals surface area contributed by atoms with Gasteiger partial charge in [0, 0.05) is 0 Å². The predicted molar refractivity (Wildman–Crippen MR) is 54.6 cm³/mol. The third-order valence-electron chi connectivity index (χ3n) is 2.03. The molecule has 8 nitrogen and oxygen atoms in total. The molecule has 84 valence electrons. The summed E-state index contributed by atoms with van der Waals surface area (Å²) in [4.78, 5) is 32.7. The van der Waals surface area contributed by atoms with Crippen molar-refractivity contribution in [1.29, 1.82) is 0 Å². The van der Waals surface area contributed by atoms with Gasteiger partial charge in [0.15, 0.2) is 11.2 Å². The van der Waals surface area contributed by atoms with E-state index < -0.39 is 11.5 Å². The van der Waals surface area contributed by atoms with E-state index in [4.69, 9.17) is 5.73 Å². The number of nitrogens with zero attached hydrogens (tertiary/aromatic N) is 3. The maximum absolute atomic E-state index is 11.6. The molecule has 0 fully saturated rings. The fourth-order valence-corrected chi connectivity index (χ4v) is 1.33. The second-order valence-electron chi connectivity index (χ2n) is 3.07. The highest BCUT2D eigenvalue weighted by Gasteiger charge is 2.11. The molecule has 3 N–H and O–H groups in total. The Kier molecular flexibility index (Phi) is 2.31. The summed E-state index contributed by atoms with van der Waals surface area (Å²) in [5.41, 5.74) is 5.31. The summed E-state index contributed by atoms with van der Waals surface area (Å²) < 4.78 is 5.84. The number of anilines is 1. The minimum atomic E-state index is -0.476. The number of hydrogen-bond donors (Lipinski definition) is 2. The summed E-state index contributed by atoms with van der Waals surface area (Å²) in [7, 11) is 1.27. The smallest absolute Gasteiger partial charge is 0.325 e. The zero-order valence-electron chi connectivity index (χ0n) is 8.43. The SMILES string of the molecule is COC(=O)Cn1cnc2nc(N)[nH]c(=O)c21. The number of methoxy groups -OCH3 is 1. The second kappa shape index (κ2) is 3.65. The number of imidazole rings is 1. The Labute approximate surface area is 89.1 Å². The molecule has 8 heteroatoms. The van der Waals surface area contributed by atoms with Crippen LogP contribution in [0.3, 0.4) is 0 Å². The van der Waals surface area contributed by atoms with Crippen molar-refractivity contribution in [1.82, 2.24) is 19.5 Å². The van der Waals surface area contributed by atoms with Crippen LogP contribution in [0.4, 0.5) is 5.95 Å². The molecule has 2 rings (SSSR count). The van der Waals surface area contributed by atoms with E-state index in [0.29, 0.717) is 0 Å². The van der Waals surface area contributed by atoms with Gasteiger partial charge in [-0.1, -0.05) is 0 Å². The molecule has 0 atom stereocenters. The lowest BCUT2D eigenvalue weighted by atomic mass is 10.5. The van der Waals surface area contributed by atoms with Crippen LogP contribution in [0.2, 0.25) is 0 Å². The number of nitrogens with two attached hydrogens (primary N) is 1. The molecule has 0 saturated heterocycles. The van der Waals surface area contributed by atoms with Crippen LogP contribution in [0.1, 0.15) is 0 Å². The fourth-order valence-electron chi connectivity index (χ4n) is 1.33. The normalized spacial score (nSPS) is 10.6. The number of aromatic amines is 1. The molecule has 0 aliphatic rings. The van der Waals surface area contributed by atoms with Crippen molar-refractivity contribution in [2.24, 2.45) is 0 Å². The Morgan fingerprint density at radius 1 is 1.69 bits per heavy atom. The van der Waals surface area contributed by atoms with E-state index >= 15 is 0 Å². The van der Waals surface area contributed by atoms with E-state index in [0.717, 1.165) is 0 Å². The number of hydrogen-bond acceptors (Lipinski definition) is 6. The number of carbonyl (C=O) groups is 1. The van der Waals surface area contributed by atoms with Gasteiger partial charge in [0.1, 0.15) is 6.54 Å². The van der Waals surface area contributed by atoms with Gasteiger partial charge in [-0.05, 0) is 0 Å². The molecule has 2 heterocycles. The van der Waals surface area contributed by atoms with E-state index in [2.05, 4.69) is 19.7 Å². The highest BCUT2D eigenvalue weighted by atomic mass is 16.5. The predicted octanol–water partition coefficient (Wildman–Crippen LogP) is -1.13. The van der Waals surface area contributed by atoms with Gasteiger partial charge in [0.05, 0.1) is 13.4 Å². The van der Waals surface area contributed by atoms with E-state index in [1.807, 2.05) is 0 Å². The third-order valence-corrected chi connectivity index (χ3v) is 2.03. The number of nitrogens with one attached hydrogen (secondary N) is 1. The standard InChI is InChI=1S/C8H9N5O3/c1-16-4(14)2-13-3-10-6-5(13)7(15)12-8(9)11-6/h3H,2H2,1H3,(H3,9,11,12,15). The van der Waals surface area contributed by atoms with Crippen molar-refractivity contribution in [3.63, 3.8) is 0 Å². The van der Waals surface area contributed by atoms with Crippen molar-refractivity contribution >= 4 is 23.1 Å². The summed E-state index contributed by atoms with van der Waals surface area (Å²) in [6.07, 6.45) is 1.34. The Bertz CT molecular complexity index is 599. The molecule has 0 aliphatic carbocycles. The van der Waals surface area contributed by atoms with Gasteiger partial charge < -0.3 is 15.0 Å². The largest absolute Gasteiger partial charge is 0.468 e. The summed E-state index contributed by atoms with van der Waals surface area (Å²) in [6, 6.07) is 0. The maximum atomic E-state index is 11.6. The maximum Gasteiger partial charge on any atom is 0.325 e. The van der Waals surface area contributed by atoms with Crippen molar-refractivity contribution < 1.29 is 9.53 Å². The van der Waals surface area contributed by atoms with Crippen molar-refractivity contribution in [3.05, 3.63) is 16.7 Å². The quantitative estimate of drug-likeness (QED) is 0.622. The van der Waals surface area contributed by atoms with Crippen LogP contribution < -0.4 is 11.3 Å². The minimum Gasteiger partial charge on any atom is -0.468 e. The van der Waals surface area contributed by atoms with Crippen molar-refractivity contribution in [3.8, 4) is 0 Å². The highest BCUT2D eigenvalue weighted by molar-refractivity contribution is 5.75. The molecule has 0 saturated carbocycles. The first-order chi connectivity index (χ1) is 7.61. The first kappa shape index (κ1) is 10.1. The number of H-pyrrole nitrogens is 1. The van der Waals surface area contributed by atoms with Gasteiger partial charge in [-0.2, -0.15) is 4.98 Å². The fraction of sp³-hybridized carbons (Fsp3) is 0.250. The van der Waals surface area contributed by atoms with Gasteiger partial charge in [-0.25, -0.2) is 4.98 Å². The molecule has 0 amide bonds. The zero-order chi connectivity index (χ0) is 11.7. The van der Waals surface area contributed by atoms with Crippen LogP contribution in [0, 0.1) is 0 Å². The average molecular weight is 223 g/mol. The lowest BCUT2D eigenvalue weighted by Crippen LogP contribution is -2.17. The topological polar surface area (TPSA) is 116 Å². The van der Waals surface area contributed by atoms with Crippen LogP contribution >= 0.6 is 0 Å². The van der Waals surface area contributed by atoms with E-state index in [-0.39, 0.29) is 23.7 Å². The first-order valence-corrected chi connectivity index (χ1v) is 4.39. The second-order valence-corrected chi connectivity index (χ2v) is 3.07. The molecule has 0 aliphatic heterocycles. The number of fused-ring (bicyclic) bond motifs is 1. The highest BCUT2D eigenvalue weighted by Crippen LogP contribution is 2.05.